The van der Waals surface area contributed by atoms with E-state index in [1.807, 2.05) is 5.38 Å². The zero-order valence-corrected chi connectivity index (χ0v) is 9.26. The lowest BCUT2D eigenvalue weighted by Gasteiger charge is -2.07. The van der Waals surface area contributed by atoms with Crippen molar-refractivity contribution < 1.29 is 9.53 Å². The number of rotatable bonds is 4. The Morgan fingerprint density at radius 2 is 2.67 bits per heavy atom. The van der Waals surface area contributed by atoms with E-state index < -0.39 is 0 Å². The maximum Gasteiger partial charge on any atom is 0.226 e. The molecule has 0 aliphatic carbocycles. The Morgan fingerprint density at radius 1 is 1.73 bits per heavy atom. The van der Waals surface area contributed by atoms with Gasteiger partial charge in [-0.2, -0.15) is 0 Å². The number of carbonyl (C=O) groups is 1. The van der Waals surface area contributed by atoms with Crippen LogP contribution in [0.1, 0.15) is 25.7 Å². The molecule has 2 rings (SSSR count). The maximum atomic E-state index is 11.5. The molecule has 0 aromatic carbocycles. The number of aromatic nitrogens is 1. The SMILES string of the molecule is O=C(CC[C@@H]1CCCO1)Nc1nccs1. The largest absolute Gasteiger partial charge is 0.378 e. The van der Waals surface area contributed by atoms with E-state index >= 15 is 0 Å². The molecule has 1 amide bonds. The molecular weight excluding hydrogens is 212 g/mol. The average molecular weight is 226 g/mol. The highest BCUT2D eigenvalue weighted by molar-refractivity contribution is 7.13. The minimum atomic E-state index is 0.0282. The van der Waals surface area contributed by atoms with E-state index in [-0.39, 0.29) is 12.0 Å². The molecule has 0 bridgehead atoms. The Hall–Kier alpha value is -0.940. The number of hydrogen-bond acceptors (Lipinski definition) is 4. The summed E-state index contributed by atoms with van der Waals surface area (Å²) in [6.07, 6.45) is 5.51. The summed E-state index contributed by atoms with van der Waals surface area (Å²) in [5, 5.41) is 5.28. The van der Waals surface area contributed by atoms with Gasteiger partial charge in [-0.25, -0.2) is 4.98 Å². The third-order valence-corrected chi connectivity index (χ3v) is 3.08. The van der Waals surface area contributed by atoms with Gasteiger partial charge in [0.1, 0.15) is 0 Å². The third-order valence-electron chi connectivity index (χ3n) is 2.40. The lowest BCUT2D eigenvalue weighted by Crippen LogP contribution is -2.15. The summed E-state index contributed by atoms with van der Waals surface area (Å²) in [4.78, 5) is 15.5. The van der Waals surface area contributed by atoms with Gasteiger partial charge in [0.25, 0.3) is 0 Å². The van der Waals surface area contributed by atoms with Gasteiger partial charge in [0.15, 0.2) is 5.13 Å². The molecule has 4 nitrogen and oxygen atoms in total. The maximum absolute atomic E-state index is 11.5. The average Bonchev–Trinajstić information content (AvgIpc) is 2.86. The Balaban J connectivity index is 1.68. The molecule has 1 atom stereocenters. The van der Waals surface area contributed by atoms with Crippen molar-refractivity contribution in [1.82, 2.24) is 4.98 Å². The monoisotopic (exact) mass is 226 g/mol. The number of hydrogen-bond donors (Lipinski definition) is 1. The molecule has 1 saturated heterocycles. The van der Waals surface area contributed by atoms with Crippen LogP contribution >= 0.6 is 11.3 Å². The minimum absolute atomic E-state index is 0.0282. The second-order valence-corrected chi connectivity index (χ2v) is 4.45. The summed E-state index contributed by atoms with van der Waals surface area (Å²) in [5.74, 6) is 0.0282. The van der Waals surface area contributed by atoms with Crippen molar-refractivity contribution in [3.63, 3.8) is 0 Å². The summed E-state index contributed by atoms with van der Waals surface area (Å²) in [6, 6.07) is 0. The molecule has 5 heteroatoms. The summed E-state index contributed by atoms with van der Waals surface area (Å²) in [6.45, 7) is 0.846. The Bertz CT molecular complexity index is 307. The molecule has 0 spiro atoms. The summed E-state index contributed by atoms with van der Waals surface area (Å²) >= 11 is 1.44. The molecule has 1 aromatic rings. The predicted molar refractivity (Wildman–Crippen MR) is 59.0 cm³/mol. The Kier molecular flexibility index (Phi) is 3.69. The van der Waals surface area contributed by atoms with Gasteiger partial charge in [0, 0.05) is 24.6 Å². The standard InChI is InChI=1S/C10H14N2O2S/c13-9(12-10-11-5-7-15-10)4-3-8-2-1-6-14-8/h5,7-8H,1-4,6H2,(H,11,12,13)/t8-/m0/s1. The number of amides is 1. The van der Waals surface area contributed by atoms with Gasteiger partial charge >= 0.3 is 0 Å². The van der Waals surface area contributed by atoms with Crippen LogP contribution in [0.5, 0.6) is 0 Å². The molecule has 1 fully saturated rings. The van der Waals surface area contributed by atoms with Crippen molar-refractivity contribution in [3.05, 3.63) is 11.6 Å². The van der Waals surface area contributed by atoms with Crippen LogP contribution in [0, 0.1) is 0 Å². The number of nitrogens with zero attached hydrogens (tertiary/aromatic N) is 1. The normalized spacial score (nSPS) is 20.4. The van der Waals surface area contributed by atoms with E-state index in [0.717, 1.165) is 25.9 Å². The van der Waals surface area contributed by atoms with Gasteiger partial charge in [-0.05, 0) is 19.3 Å². The van der Waals surface area contributed by atoms with E-state index in [2.05, 4.69) is 10.3 Å². The number of thiazole rings is 1. The number of ether oxygens (including phenoxy) is 1. The van der Waals surface area contributed by atoms with Crippen LogP contribution in [0.15, 0.2) is 11.6 Å². The van der Waals surface area contributed by atoms with E-state index in [9.17, 15) is 4.79 Å². The summed E-state index contributed by atoms with van der Waals surface area (Å²) < 4.78 is 5.45. The summed E-state index contributed by atoms with van der Waals surface area (Å²) in [5.41, 5.74) is 0. The second kappa shape index (κ2) is 5.23. The van der Waals surface area contributed by atoms with E-state index in [0.29, 0.717) is 11.6 Å². The van der Waals surface area contributed by atoms with Gasteiger partial charge in [0.05, 0.1) is 6.10 Å². The molecule has 1 aliphatic heterocycles. The van der Waals surface area contributed by atoms with Crippen LogP contribution in [0.3, 0.4) is 0 Å². The number of nitrogens with one attached hydrogen (secondary N) is 1. The van der Waals surface area contributed by atoms with Crippen LogP contribution in [-0.2, 0) is 9.53 Å². The van der Waals surface area contributed by atoms with Crippen LogP contribution < -0.4 is 5.32 Å². The van der Waals surface area contributed by atoms with Crippen LogP contribution in [0.25, 0.3) is 0 Å². The molecule has 0 saturated carbocycles. The quantitative estimate of drug-likeness (QED) is 0.854. The molecule has 1 N–H and O–H groups in total. The van der Waals surface area contributed by atoms with E-state index in [1.165, 1.54) is 11.3 Å². The van der Waals surface area contributed by atoms with Gasteiger partial charge in [-0.15, -0.1) is 11.3 Å². The lowest BCUT2D eigenvalue weighted by molar-refractivity contribution is -0.116. The molecule has 1 aromatic heterocycles. The molecular formula is C10H14N2O2S. The third kappa shape index (κ3) is 3.28. The van der Waals surface area contributed by atoms with E-state index in [1.54, 1.807) is 6.20 Å². The fourth-order valence-corrected chi connectivity index (χ4v) is 2.18. The molecule has 1 aliphatic rings. The molecule has 0 radical (unpaired) electrons. The zero-order valence-electron chi connectivity index (χ0n) is 8.44. The first-order valence-corrected chi connectivity index (χ1v) is 6.03. The second-order valence-electron chi connectivity index (χ2n) is 3.56. The van der Waals surface area contributed by atoms with Crippen molar-refractivity contribution in [1.29, 1.82) is 0 Å². The molecule has 2 heterocycles. The smallest absolute Gasteiger partial charge is 0.226 e. The number of carbonyl (C=O) groups excluding carboxylic acids is 1. The highest BCUT2D eigenvalue weighted by Gasteiger charge is 2.16. The Labute approximate surface area is 92.7 Å². The number of anilines is 1. The van der Waals surface area contributed by atoms with Crippen molar-refractivity contribution >= 4 is 22.4 Å². The first kappa shape index (κ1) is 10.6. The minimum Gasteiger partial charge on any atom is -0.378 e. The lowest BCUT2D eigenvalue weighted by atomic mass is 10.1. The highest BCUT2D eigenvalue weighted by Crippen LogP contribution is 2.17. The molecule has 15 heavy (non-hydrogen) atoms. The van der Waals surface area contributed by atoms with Gasteiger partial charge < -0.3 is 10.1 Å². The van der Waals surface area contributed by atoms with Crippen molar-refractivity contribution in [2.45, 2.75) is 31.8 Å². The van der Waals surface area contributed by atoms with Gasteiger partial charge in [0.2, 0.25) is 5.91 Å². The molecule has 0 unspecified atom stereocenters. The fourth-order valence-electron chi connectivity index (χ4n) is 1.63. The topological polar surface area (TPSA) is 51.2 Å². The van der Waals surface area contributed by atoms with Crippen molar-refractivity contribution in [2.75, 3.05) is 11.9 Å². The first-order valence-electron chi connectivity index (χ1n) is 5.15. The first-order chi connectivity index (χ1) is 7.34. The highest BCUT2D eigenvalue weighted by atomic mass is 32.1. The fraction of sp³-hybridized carbons (Fsp3) is 0.600. The van der Waals surface area contributed by atoms with Crippen LogP contribution in [-0.4, -0.2) is 23.6 Å². The van der Waals surface area contributed by atoms with Crippen LogP contribution in [0.4, 0.5) is 5.13 Å². The van der Waals surface area contributed by atoms with Gasteiger partial charge in [-0.3, -0.25) is 4.79 Å². The molecule has 82 valence electrons. The van der Waals surface area contributed by atoms with Gasteiger partial charge in [-0.1, -0.05) is 0 Å². The summed E-state index contributed by atoms with van der Waals surface area (Å²) in [7, 11) is 0. The Morgan fingerprint density at radius 3 is 3.33 bits per heavy atom. The predicted octanol–water partition coefficient (Wildman–Crippen LogP) is 2.04. The zero-order chi connectivity index (χ0) is 10.5. The van der Waals surface area contributed by atoms with Crippen molar-refractivity contribution in [3.8, 4) is 0 Å². The van der Waals surface area contributed by atoms with Crippen LogP contribution in [0.2, 0.25) is 0 Å². The van der Waals surface area contributed by atoms with Crippen molar-refractivity contribution in [2.24, 2.45) is 0 Å². The van der Waals surface area contributed by atoms with E-state index in [4.69, 9.17) is 4.74 Å².